The molecular weight excluding hydrogens is 204 g/mol. The Morgan fingerprint density at radius 3 is 2.73 bits per heavy atom. The standard InChI is InChI=1S/C12H20N2S/c1-8-7-12(15-9(8)2)11(14-13)6-5-10-3-4-10/h7,10-11,14H,3-6,13H2,1-2H3. The lowest BCUT2D eigenvalue weighted by molar-refractivity contribution is 0.488. The fourth-order valence-electron chi connectivity index (χ4n) is 1.89. The highest BCUT2D eigenvalue weighted by Gasteiger charge is 2.23. The van der Waals surface area contributed by atoms with Crippen molar-refractivity contribution < 1.29 is 0 Å². The average molecular weight is 224 g/mol. The Balaban J connectivity index is 1.97. The van der Waals surface area contributed by atoms with Gasteiger partial charge in [-0.05, 0) is 44.2 Å². The fourth-order valence-corrected chi connectivity index (χ4v) is 3.03. The van der Waals surface area contributed by atoms with Gasteiger partial charge < -0.3 is 0 Å². The number of nitrogens with one attached hydrogen (secondary N) is 1. The van der Waals surface area contributed by atoms with Gasteiger partial charge in [0.25, 0.3) is 0 Å². The first-order chi connectivity index (χ1) is 7.20. The van der Waals surface area contributed by atoms with E-state index in [2.05, 4.69) is 25.3 Å². The first-order valence-corrected chi connectivity index (χ1v) is 6.55. The Bertz CT molecular complexity index is 309. The van der Waals surface area contributed by atoms with E-state index in [9.17, 15) is 0 Å². The lowest BCUT2D eigenvalue weighted by Gasteiger charge is -2.13. The molecule has 1 aliphatic carbocycles. The first kappa shape index (κ1) is 11.1. The van der Waals surface area contributed by atoms with Gasteiger partial charge in [-0.15, -0.1) is 11.3 Å². The number of hydrazine groups is 1. The zero-order valence-corrected chi connectivity index (χ0v) is 10.4. The molecule has 0 bridgehead atoms. The Hall–Kier alpha value is -0.380. The molecule has 3 N–H and O–H groups in total. The number of hydrogen-bond acceptors (Lipinski definition) is 3. The highest BCUT2D eigenvalue weighted by molar-refractivity contribution is 7.12. The smallest absolute Gasteiger partial charge is 0.0553 e. The molecule has 0 aliphatic heterocycles. The SMILES string of the molecule is Cc1cc(C(CCC2CC2)NN)sc1C. The van der Waals surface area contributed by atoms with E-state index >= 15 is 0 Å². The van der Waals surface area contributed by atoms with Crippen LogP contribution in [0.2, 0.25) is 0 Å². The summed E-state index contributed by atoms with van der Waals surface area (Å²) in [7, 11) is 0. The van der Waals surface area contributed by atoms with Crippen LogP contribution in [0, 0.1) is 19.8 Å². The van der Waals surface area contributed by atoms with Crippen LogP contribution in [0.15, 0.2) is 6.07 Å². The summed E-state index contributed by atoms with van der Waals surface area (Å²) in [6.07, 6.45) is 5.37. The summed E-state index contributed by atoms with van der Waals surface area (Å²) in [6, 6.07) is 2.64. The summed E-state index contributed by atoms with van der Waals surface area (Å²) in [5, 5.41) is 0. The minimum absolute atomic E-state index is 0.364. The molecule has 0 radical (unpaired) electrons. The Morgan fingerprint density at radius 1 is 1.53 bits per heavy atom. The summed E-state index contributed by atoms with van der Waals surface area (Å²) >= 11 is 1.88. The molecule has 1 heterocycles. The minimum Gasteiger partial charge on any atom is -0.271 e. The molecule has 84 valence electrons. The molecule has 0 spiro atoms. The van der Waals surface area contributed by atoms with Crippen LogP contribution in [0.25, 0.3) is 0 Å². The molecule has 1 saturated carbocycles. The summed E-state index contributed by atoms with van der Waals surface area (Å²) in [4.78, 5) is 2.81. The number of hydrogen-bond donors (Lipinski definition) is 2. The van der Waals surface area contributed by atoms with Crippen molar-refractivity contribution in [1.29, 1.82) is 0 Å². The Labute approximate surface area is 95.8 Å². The zero-order valence-electron chi connectivity index (χ0n) is 9.55. The summed E-state index contributed by atoms with van der Waals surface area (Å²) < 4.78 is 0. The topological polar surface area (TPSA) is 38.0 Å². The molecule has 0 aromatic carbocycles. The molecule has 0 amide bonds. The number of aryl methyl sites for hydroxylation is 2. The van der Waals surface area contributed by atoms with Crippen LogP contribution in [0.5, 0.6) is 0 Å². The van der Waals surface area contributed by atoms with E-state index in [1.807, 2.05) is 11.3 Å². The van der Waals surface area contributed by atoms with Gasteiger partial charge in [0.1, 0.15) is 0 Å². The molecule has 1 aromatic rings. The lowest BCUT2D eigenvalue weighted by atomic mass is 10.1. The van der Waals surface area contributed by atoms with Crippen LogP contribution >= 0.6 is 11.3 Å². The molecule has 1 aliphatic rings. The van der Waals surface area contributed by atoms with Gasteiger partial charge in [-0.3, -0.25) is 11.3 Å². The summed E-state index contributed by atoms with van der Waals surface area (Å²) in [6.45, 7) is 4.35. The fraction of sp³-hybridized carbons (Fsp3) is 0.667. The van der Waals surface area contributed by atoms with Crippen molar-refractivity contribution in [3.05, 3.63) is 21.4 Å². The van der Waals surface area contributed by atoms with E-state index in [4.69, 9.17) is 5.84 Å². The van der Waals surface area contributed by atoms with Gasteiger partial charge in [-0.2, -0.15) is 0 Å². The zero-order chi connectivity index (χ0) is 10.8. The van der Waals surface area contributed by atoms with Crippen molar-refractivity contribution in [2.75, 3.05) is 0 Å². The van der Waals surface area contributed by atoms with Gasteiger partial charge in [-0.1, -0.05) is 12.8 Å². The maximum absolute atomic E-state index is 5.63. The van der Waals surface area contributed by atoms with Crippen LogP contribution in [-0.4, -0.2) is 0 Å². The lowest BCUT2D eigenvalue weighted by Crippen LogP contribution is -2.27. The molecule has 0 saturated heterocycles. The molecule has 1 atom stereocenters. The van der Waals surface area contributed by atoms with Gasteiger partial charge >= 0.3 is 0 Å². The average Bonchev–Trinajstić information content (AvgIpc) is 2.96. The number of rotatable bonds is 5. The van der Waals surface area contributed by atoms with Crippen molar-refractivity contribution in [2.24, 2.45) is 11.8 Å². The van der Waals surface area contributed by atoms with E-state index in [1.54, 1.807) is 0 Å². The quantitative estimate of drug-likeness (QED) is 0.596. The second-order valence-electron chi connectivity index (χ2n) is 4.63. The second kappa shape index (κ2) is 4.64. The normalized spacial score (nSPS) is 18.1. The molecule has 1 unspecified atom stereocenters. The molecule has 3 heteroatoms. The second-order valence-corrected chi connectivity index (χ2v) is 5.92. The van der Waals surface area contributed by atoms with Gasteiger partial charge in [-0.25, -0.2) is 0 Å². The van der Waals surface area contributed by atoms with Crippen molar-refractivity contribution in [3.8, 4) is 0 Å². The third kappa shape index (κ3) is 2.80. The van der Waals surface area contributed by atoms with Gasteiger partial charge in [0.15, 0.2) is 0 Å². The van der Waals surface area contributed by atoms with E-state index < -0.39 is 0 Å². The van der Waals surface area contributed by atoms with Crippen molar-refractivity contribution in [3.63, 3.8) is 0 Å². The van der Waals surface area contributed by atoms with Crippen LogP contribution in [0.3, 0.4) is 0 Å². The predicted molar refractivity (Wildman–Crippen MR) is 65.8 cm³/mol. The van der Waals surface area contributed by atoms with E-state index in [1.165, 1.54) is 41.0 Å². The van der Waals surface area contributed by atoms with Crippen LogP contribution in [-0.2, 0) is 0 Å². The molecule has 15 heavy (non-hydrogen) atoms. The molecule has 1 fully saturated rings. The maximum atomic E-state index is 5.63. The Kier molecular flexibility index (Phi) is 3.44. The monoisotopic (exact) mass is 224 g/mol. The van der Waals surface area contributed by atoms with Gasteiger partial charge in [0.05, 0.1) is 6.04 Å². The highest BCUT2D eigenvalue weighted by Crippen LogP contribution is 2.37. The number of thiophene rings is 1. The summed E-state index contributed by atoms with van der Waals surface area (Å²) in [5.41, 5.74) is 4.34. The molecule has 1 aromatic heterocycles. The van der Waals surface area contributed by atoms with Crippen LogP contribution in [0.1, 0.15) is 47.0 Å². The minimum atomic E-state index is 0.364. The van der Waals surface area contributed by atoms with E-state index in [-0.39, 0.29) is 0 Å². The number of nitrogens with two attached hydrogens (primary N) is 1. The van der Waals surface area contributed by atoms with Crippen molar-refractivity contribution in [2.45, 2.75) is 45.6 Å². The van der Waals surface area contributed by atoms with E-state index in [0.29, 0.717) is 6.04 Å². The van der Waals surface area contributed by atoms with Gasteiger partial charge in [0, 0.05) is 9.75 Å². The highest BCUT2D eigenvalue weighted by atomic mass is 32.1. The van der Waals surface area contributed by atoms with Crippen LogP contribution < -0.4 is 11.3 Å². The molecular formula is C12H20N2S. The first-order valence-electron chi connectivity index (χ1n) is 5.73. The Morgan fingerprint density at radius 2 is 2.27 bits per heavy atom. The maximum Gasteiger partial charge on any atom is 0.0553 e. The van der Waals surface area contributed by atoms with Crippen molar-refractivity contribution in [1.82, 2.24) is 5.43 Å². The largest absolute Gasteiger partial charge is 0.271 e. The van der Waals surface area contributed by atoms with Crippen molar-refractivity contribution >= 4 is 11.3 Å². The van der Waals surface area contributed by atoms with E-state index in [0.717, 1.165) is 5.92 Å². The predicted octanol–water partition coefficient (Wildman–Crippen LogP) is 3.06. The van der Waals surface area contributed by atoms with Crippen LogP contribution in [0.4, 0.5) is 0 Å². The third-order valence-corrected chi connectivity index (χ3v) is 4.56. The third-order valence-electron chi connectivity index (χ3n) is 3.29. The summed E-state index contributed by atoms with van der Waals surface area (Å²) in [5.74, 6) is 6.62. The molecule has 2 rings (SSSR count). The van der Waals surface area contributed by atoms with Gasteiger partial charge in [0.2, 0.25) is 0 Å². The molecule has 2 nitrogen and oxygen atoms in total.